The molecule has 1 saturated heterocycles. The van der Waals surface area contributed by atoms with Gasteiger partial charge >= 0.3 is 0 Å². The molecule has 0 spiro atoms. The highest BCUT2D eigenvalue weighted by Crippen LogP contribution is 2.28. The number of carbonyl (C=O) groups is 2. The van der Waals surface area contributed by atoms with Gasteiger partial charge in [0.2, 0.25) is 0 Å². The van der Waals surface area contributed by atoms with Crippen LogP contribution in [0, 0.1) is 0 Å². The summed E-state index contributed by atoms with van der Waals surface area (Å²) in [6, 6.07) is 8.35. The highest BCUT2D eigenvalue weighted by Gasteiger charge is 2.35. The van der Waals surface area contributed by atoms with Gasteiger partial charge in [0.25, 0.3) is 11.8 Å². The van der Waals surface area contributed by atoms with Crippen LogP contribution in [0.1, 0.15) is 31.9 Å². The molecule has 2 heterocycles. The molecule has 2 aromatic rings. The molecule has 1 aliphatic rings. The predicted octanol–water partition coefficient (Wildman–Crippen LogP) is 3.21. The maximum absolute atomic E-state index is 12.5. The van der Waals surface area contributed by atoms with E-state index in [-0.39, 0.29) is 22.5 Å². The van der Waals surface area contributed by atoms with Crippen molar-refractivity contribution in [1.29, 1.82) is 0 Å². The fraction of sp³-hybridized carbons (Fsp3) is 0.316. The van der Waals surface area contributed by atoms with E-state index in [1.165, 1.54) is 9.80 Å². The van der Waals surface area contributed by atoms with Gasteiger partial charge in [-0.2, -0.15) is 0 Å². The average molecular weight is 355 g/mol. The van der Waals surface area contributed by atoms with Crippen molar-refractivity contribution >= 4 is 46.1 Å². The van der Waals surface area contributed by atoms with Gasteiger partial charge in [0.05, 0.1) is 0 Å². The third-order valence-corrected chi connectivity index (χ3v) is 5.33. The van der Waals surface area contributed by atoms with E-state index in [9.17, 15) is 9.59 Å². The second-order valence-corrected chi connectivity index (χ2v) is 6.70. The molecule has 0 radical (unpaired) electrons. The Morgan fingerprint density at radius 2 is 1.72 bits per heavy atom. The summed E-state index contributed by atoms with van der Waals surface area (Å²) in [5.41, 5.74) is 2.09. The van der Waals surface area contributed by atoms with Crippen LogP contribution in [0.5, 0.6) is 0 Å². The second kappa shape index (κ2) is 6.44. The number of para-hydroxylation sites is 1. The first-order chi connectivity index (χ1) is 11.9. The molecule has 5 nitrogen and oxygen atoms in total. The summed E-state index contributed by atoms with van der Waals surface area (Å²) in [4.78, 5) is 27.7. The second-order valence-electron chi connectivity index (χ2n) is 6.34. The quantitative estimate of drug-likeness (QED) is 0.482. The summed E-state index contributed by atoms with van der Waals surface area (Å²) < 4.78 is 2.19. The lowest BCUT2D eigenvalue weighted by Gasteiger charge is -2.31. The van der Waals surface area contributed by atoms with E-state index in [4.69, 9.17) is 12.2 Å². The Kier molecular flexibility index (Phi) is 4.47. The minimum atomic E-state index is -0.367. The summed E-state index contributed by atoms with van der Waals surface area (Å²) in [7, 11) is 3.17. The van der Waals surface area contributed by atoms with Crippen molar-refractivity contribution in [3.63, 3.8) is 0 Å². The van der Waals surface area contributed by atoms with Crippen LogP contribution in [0.2, 0.25) is 0 Å². The Morgan fingerprint density at radius 1 is 1.12 bits per heavy atom. The number of likely N-dealkylation sites (N-methyl/N-ethyl adjacent to an activating group) is 2. The highest BCUT2D eigenvalue weighted by atomic mass is 32.1. The number of aromatic nitrogens is 1. The van der Waals surface area contributed by atoms with E-state index in [1.54, 1.807) is 20.2 Å². The molecule has 6 heteroatoms. The van der Waals surface area contributed by atoms with Gasteiger partial charge in [-0.15, -0.1) is 0 Å². The van der Waals surface area contributed by atoms with Crippen LogP contribution in [-0.4, -0.2) is 45.4 Å². The van der Waals surface area contributed by atoms with Crippen LogP contribution in [0.25, 0.3) is 17.0 Å². The molecule has 1 fully saturated rings. The first-order valence-electron chi connectivity index (χ1n) is 8.28. The molecule has 25 heavy (non-hydrogen) atoms. The van der Waals surface area contributed by atoms with E-state index in [2.05, 4.69) is 24.5 Å². The Morgan fingerprint density at radius 3 is 2.32 bits per heavy atom. The average Bonchev–Trinajstić information content (AvgIpc) is 3.00. The minimum Gasteiger partial charge on any atom is -0.344 e. The fourth-order valence-corrected chi connectivity index (χ4v) is 3.20. The standard InChI is InChI=1S/C19H21N3O2S/c1-5-12(2)22-11-13(14-8-6-7-9-16(14)22)10-15-17(23)20(3)19(25)21(4)18(15)24/h6-12H,5H2,1-4H3/t12-/m0/s1. The third-order valence-electron chi connectivity index (χ3n) is 4.78. The van der Waals surface area contributed by atoms with Gasteiger partial charge in [0.15, 0.2) is 5.11 Å². The highest BCUT2D eigenvalue weighted by molar-refractivity contribution is 7.80. The van der Waals surface area contributed by atoms with Gasteiger partial charge in [-0.05, 0) is 37.7 Å². The summed E-state index contributed by atoms with van der Waals surface area (Å²) in [6.07, 6.45) is 4.69. The van der Waals surface area contributed by atoms with Crippen LogP contribution in [0.4, 0.5) is 0 Å². The number of hydrogen-bond acceptors (Lipinski definition) is 3. The molecule has 1 aromatic heterocycles. The number of fused-ring (bicyclic) bond motifs is 1. The van der Waals surface area contributed by atoms with Crippen molar-refractivity contribution in [3.05, 3.63) is 41.6 Å². The lowest BCUT2D eigenvalue weighted by atomic mass is 10.1. The van der Waals surface area contributed by atoms with Crippen LogP contribution < -0.4 is 0 Å². The third kappa shape index (κ3) is 2.76. The molecule has 0 aliphatic carbocycles. The molecule has 3 rings (SSSR count). The molecule has 0 bridgehead atoms. The zero-order valence-corrected chi connectivity index (χ0v) is 15.6. The molecular weight excluding hydrogens is 334 g/mol. The largest absolute Gasteiger partial charge is 0.344 e. The molecule has 1 atom stereocenters. The predicted molar refractivity (Wildman–Crippen MR) is 103 cm³/mol. The van der Waals surface area contributed by atoms with Gasteiger partial charge in [0, 0.05) is 42.8 Å². The number of amides is 2. The van der Waals surface area contributed by atoms with Crippen molar-refractivity contribution < 1.29 is 9.59 Å². The van der Waals surface area contributed by atoms with E-state index in [0.29, 0.717) is 6.04 Å². The van der Waals surface area contributed by atoms with Crippen molar-refractivity contribution in [1.82, 2.24) is 14.4 Å². The van der Waals surface area contributed by atoms with Crippen molar-refractivity contribution in [3.8, 4) is 0 Å². The molecule has 0 N–H and O–H groups in total. The summed E-state index contributed by atoms with van der Waals surface area (Å²) in [6.45, 7) is 4.29. The molecule has 0 saturated carbocycles. The number of hydrogen-bond donors (Lipinski definition) is 0. The number of nitrogens with zero attached hydrogens (tertiary/aromatic N) is 3. The van der Waals surface area contributed by atoms with Gasteiger partial charge in [-0.1, -0.05) is 25.1 Å². The van der Waals surface area contributed by atoms with Crippen LogP contribution >= 0.6 is 12.2 Å². The smallest absolute Gasteiger partial charge is 0.265 e. The Labute approximate surface area is 152 Å². The molecule has 0 unspecified atom stereocenters. The Balaban J connectivity index is 2.17. The van der Waals surface area contributed by atoms with Crippen molar-refractivity contribution in [2.45, 2.75) is 26.3 Å². The summed E-state index contributed by atoms with van der Waals surface area (Å²) >= 11 is 5.13. The van der Waals surface area contributed by atoms with E-state index < -0.39 is 0 Å². The minimum absolute atomic E-state index is 0.130. The first kappa shape index (κ1) is 17.4. The Bertz CT molecular complexity index is 887. The maximum atomic E-state index is 12.5. The molecule has 1 aliphatic heterocycles. The number of carbonyl (C=O) groups excluding carboxylic acids is 2. The van der Waals surface area contributed by atoms with Gasteiger partial charge in [0.1, 0.15) is 5.57 Å². The number of rotatable bonds is 3. The Hall–Kier alpha value is -2.47. The van der Waals surface area contributed by atoms with E-state index in [0.717, 1.165) is 22.9 Å². The van der Waals surface area contributed by atoms with Crippen LogP contribution in [0.15, 0.2) is 36.0 Å². The summed E-state index contributed by atoms with van der Waals surface area (Å²) in [5.74, 6) is -0.734. The zero-order valence-electron chi connectivity index (χ0n) is 14.8. The summed E-state index contributed by atoms with van der Waals surface area (Å²) in [5, 5.41) is 1.24. The van der Waals surface area contributed by atoms with Crippen molar-refractivity contribution in [2.24, 2.45) is 0 Å². The van der Waals surface area contributed by atoms with Gasteiger partial charge < -0.3 is 4.57 Å². The molecular formula is C19H21N3O2S. The van der Waals surface area contributed by atoms with E-state index in [1.807, 2.05) is 24.4 Å². The fourth-order valence-electron chi connectivity index (χ4n) is 3.04. The lowest BCUT2D eigenvalue weighted by Crippen LogP contribution is -2.52. The molecule has 130 valence electrons. The lowest BCUT2D eigenvalue weighted by molar-refractivity contribution is -0.132. The number of thiocarbonyl (C=S) groups is 1. The zero-order chi connectivity index (χ0) is 18.3. The monoisotopic (exact) mass is 355 g/mol. The van der Waals surface area contributed by atoms with E-state index >= 15 is 0 Å². The van der Waals surface area contributed by atoms with Crippen molar-refractivity contribution in [2.75, 3.05) is 14.1 Å². The van der Waals surface area contributed by atoms with Crippen LogP contribution in [0.3, 0.4) is 0 Å². The maximum Gasteiger partial charge on any atom is 0.265 e. The molecule has 1 aromatic carbocycles. The SMILES string of the molecule is CC[C@H](C)n1cc(C=C2C(=O)N(C)C(=S)N(C)C2=O)c2ccccc21. The van der Waals surface area contributed by atoms with Gasteiger partial charge in [-0.25, -0.2) is 0 Å². The normalized spacial score (nSPS) is 16.8. The van der Waals surface area contributed by atoms with Crippen LogP contribution in [-0.2, 0) is 9.59 Å². The topological polar surface area (TPSA) is 45.6 Å². The first-order valence-corrected chi connectivity index (χ1v) is 8.69. The molecule has 2 amide bonds. The van der Waals surface area contributed by atoms with Gasteiger partial charge in [-0.3, -0.25) is 19.4 Å². The number of benzene rings is 1.